The van der Waals surface area contributed by atoms with Crippen molar-refractivity contribution in [3.8, 4) is 11.5 Å². The molecule has 124 valence electrons. The highest BCUT2D eigenvalue weighted by atomic mass is 32.2. The lowest BCUT2D eigenvalue weighted by Crippen LogP contribution is -2.31. The predicted octanol–water partition coefficient (Wildman–Crippen LogP) is 2.94. The van der Waals surface area contributed by atoms with Gasteiger partial charge in [-0.15, -0.1) is 0 Å². The molecule has 2 rings (SSSR count). The quantitative estimate of drug-likeness (QED) is 0.555. The van der Waals surface area contributed by atoms with Crippen LogP contribution in [0.2, 0.25) is 0 Å². The molecule has 0 spiro atoms. The Kier molecular flexibility index (Phi) is 6.44. The summed E-state index contributed by atoms with van der Waals surface area (Å²) in [6, 6.07) is 5.56. The fraction of sp³-hybridized carbons (Fsp3) is 0.375. The van der Waals surface area contributed by atoms with Crippen LogP contribution in [0.5, 0.6) is 11.5 Å². The molecule has 0 aliphatic carbocycles. The van der Waals surface area contributed by atoms with Gasteiger partial charge in [0.05, 0.1) is 31.8 Å². The summed E-state index contributed by atoms with van der Waals surface area (Å²) in [7, 11) is 3.19. The van der Waals surface area contributed by atoms with Gasteiger partial charge in [-0.2, -0.15) is 0 Å². The van der Waals surface area contributed by atoms with Crippen LogP contribution in [-0.4, -0.2) is 49.1 Å². The lowest BCUT2D eigenvalue weighted by Gasteiger charge is -2.13. The van der Waals surface area contributed by atoms with Gasteiger partial charge in [-0.05, 0) is 30.7 Å². The summed E-state index contributed by atoms with van der Waals surface area (Å²) in [4.78, 5) is 14.5. The Morgan fingerprint density at radius 1 is 1.30 bits per heavy atom. The van der Waals surface area contributed by atoms with E-state index in [-0.39, 0.29) is 5.91 Å². The Morgan fingerprint density at radius 3 is 2.74 bits per heavy atom. The standard InChI is InChI=1S/C16H19NO4S2/c1-4-21-12-6-5-11(9-13(12)20-3)10-14-15(18)17(7-8-19-2)16(22)23-14/h5-6,9-10H,4,7-8H2,1-3H3. The molecule has 1 aromatic carbocycles. The number of thiocarbonyl (C=S) groups is 1. The van der Waals surface area contributed by atoms with Crippen molar-refractivity contribution in [3.05, 3.63) is 28.7 Å². The van der Waals surface area contributed by atoms with Gasteiger partial charge in [-0.25, -0.2) is 0 Å². The smallest absolute Gasteiger partial charge is 0.266 e. The van der Waals surface area contributed by atoms with E-state index in [1.807, 2.05) is 31.2 Å². The van der Waals surface area contributed by atoms with Crippen molar-refractivity contribution in [2.24, 2.45) is 0 Å². The number of methoxy groups -OCH3 is 2. The summed E-state index contributed by atoms with van der Waals surface area (Å²) in [6.07, 6.45) is 1.81. The van der Waals surface area contributed by atoms with E-state index >= 15 is 0 Å². The van der Waals surface area contributed by atoms with E-state index in [1.165, 1.54) is 11.8 Å². The van der Waals surface area contributed by atoms with Crippen molar-refractivity contribution in [1.82, 2.24) is 4.90 Å². The van der Waals surface area contributed by atoms with Gasteiger partial charge in [0.15, 0.2) is 11.5 Å². The summed E-state index contributed by atoms with van der Waals surface area (Å²) < 4.78 is 16.4. The van der Waals surface area contributed by atoms with Gasteiger partial charge in [0.2, 0.25) is 0 Å². The maximum absolute atomic E-state index is 12.4. The van der Waals surface area contributed by atoms with Crippen molar-refractivity contribution < 1.29 is 19.0 Å². The summed E-state index contributed by atoms with van der Waals surface area (Å²) >= 11 is 6.55. The van der Waals surface area contributed by atoms with Crippen LogP contribution >= 0.6 is 24.0 Å². The molecule has 7 heteroatoms. The van der Waals surface area contributed by atoms with Crippen LogP contribution in [0.15, 0.2) is 23.1 Å². The van der Waals surface area contributed by atoms with Crippen molar-refractivity contribution in [1.29, 1.82) is 0 Å². The zero-order valence-corrected chi connectivity index (χ0v) is 15.0. The van der Waals surface area contributed by atoms with Gasteiger partial charge < -0.3 is 14.2 Å². The minimum Gasteiger partial charge on any atom is -0.493 e. The second-order valence-corrected chi connectivity index (χ2v) is 6.35. The molecule has 0 unspecified atom stereocenters. The minimum atomic E-state index is -0.0927. The first-order chi connectivity index (χ1) is 11.1. The average molecular weight is 353 g/mol. The highest BCUT2D eigenvalue weighted by Gasteiger charge is 2.31. The predicted molar refractivity (Wildman–Crippen MR) is 95.9 cm³/mol. The topological polar surface area (TPSA) is 48.0 Å². The Bertz CT molecular complexity index is 631. The van der Waals surface area contributed by atoms with Crippen LogP contribution in [0.25, 0.3) is 6.08 Å². The normalized spacial score (nSPS) is 16.3. The maximum Gasteiger partial charge on any atom is 0.266 e. The Balaban J connectivity index is 2.21. The molecule has 23 heavy (non-hydrogen) atoms. The van der Waals surface area contributed by atoms with Crippen molar-refractivity contribution in [2.75, 3.05) is 34.0 Å². The van der Waals surface area contributed by atoms with Gasteiger partial charge in [0.1, 0.15) is 4.32 Å². The van der Waals surface area contributed by atoms with Crippen LogP contribution in [0, 0.1) is 0 Å². The third-order valence-electron chi connectivity index (χ3n) is 3.18. The fourth-order valence-corrected chi connectivity index (χ4v) is 3.38. The van der Waals surface area contributed by atoms with Gasteiger partial charge in [0.25, 0.3) is 5.91 Å². The number of hydrogen-bond acceptors (Lipinski definition) is 6. The third kappa shape index (κ3) is 4.25. The number of amides is 1. The Labute approximate surface area is 145 Å². The van der Waals surface area contributed by atoms with Gasteiger partial charge >= 0.3 is 0 Å². The largest absolute Gasteiger partial charge is 0.493 e. The number of rotatable bonds is 7. The van der Waals surface area contributed by atoms with E-state index in [4.69, 9.17) is 26.4 Å². The number of hydrogen-bond donors (Lipinski definition) is 0. The first kappa shape index (κ1) is 17.8. The molecule has 0 saturated carbocycles. The molecule has 0 atom stereocenters. The SMILES string of the molecule is CCOc1ccc(C=C2SC(=S)N(CCOC)C2=O)cc1OC. The van der Waals surface area contributed by atoms with Crippen LogP contribution in [0.4, 0.5) is 0 Å². The molecule has 1 fully saturated rings. The molecular formula is C16H19NO4S2. The van der Waals surface area contributed by atoms with Crippen LogP contribution in [0.1, 0.15) is 12.5 Å². The van der Waals surface area contributed by atoms with Crippen LogP contribution < -0.4 is 9.47 Å². The van der Waals surface area contributed by atoms with E-state index in [2.05, 4.69) is 0 Å². The lowest BCUT2D eigenvalue weighted by atomic mass is 10.2. The minimum absolute atomic E-state index is 0.0927. The molecule has 1 heterocycles. The molecule has 0 N–H and O–H groups in total. The van der Waals surface area contributed by atoms with Crippen LogP contribution in [0.3, 0.4) is 0 Å². The molecule has 1 aromatic rings. The van der Waals surface area contributed by atoms with Gasteiger partial charge in [0, 0.05) is 7.11 Å². The van der Waals surface area contributed by atoms with Crippen LogP contribution in [-0.2, 0) is 9.53 Å². The number of benzene rings is 1. The number of carbonyl (C=O) groups excluding carboxylic acids is 1. The summed E-state index contributed by atoms with van der Waals surface area (Å²) in [5.74, 6) is 1.22. The summed E-state index contributed by atoms with van der Waals surface area (Å²) in [6.45, 7) is 3.40. The van der Waals surface area contributed by atoms with Gasteiger partial charge in [-0.1, -0.05) is 30.0 Å². The molecular weight excluding hydrogens is 334 g/mol. The first-order valence-electron chi connectivity index (χ1n) is 7.15. The van der Waals surface area contributed by atoms with E-state index in [9.17, 15) is 4.79 Å². The molecule has 1 amide bonds. The maximum atomic E-state index is 12.4. The number of thioether (sulfide) groups is 1. The van der Waals surface area contributed by atoms with E-state index in [0.29, 0.717) is 40.5 Å². The molecule has 5 nitrogen and oxygen atoms in total. The number of nitrogens with zero attached hydrogens (tertiary/aromatic N) is 1. The molecule has 0 bridgehead atoms. The average Bonchev–Trinajstić information content (AvgIpc) is 2.81. The second-order valence-electron chi connectivity index (χ2n) is 4.67. The first-order valence-corrected chi connectivity index (χ1v) is 8.38. The van der Waals surface area contributed by atoms with Crippen molar-refractivity contribution in [2.45, 2.75) is 6.92 Å². The number of ether oxygens (including phenoxy) is 3. The van der Waals surface area contributed by atoms with E-state index < -0.39 is 0 Å². The molecule has 0 radical (unpaired) electrons. The fourth-order valence-electron chi connectivity index (χ4n) is 2.08. The van der Waals surface area contributed by atoms with E-state index in [0.717, 1.165) is 5.56 Å². The molecule has 1 aliphatic heterocycles. The highest BCUT2D eigenvalue weighted by molar-refractivity contribution is 8.26. The van der Waals surface area contributed by atoms with Crippen molar-refractivity contribution >= 4 is 40.3 Å². The molecule has 1 saturated heterocycles. The van der Waals surface area contributed by atoms with Gasteiger partial charge in [-0.3, -0.25) is 9.69 Å². The second kappa shape index (κ2) is 8.33. The highest BCUT2D eigenvalue weighted by Crippen LogP contribution is 2.34. The Morgan fingerprint density at radius 2 is 2.09 bits per heavy atom. The van der Waals surface area contributed by atoms with Crippen molar-refractivity contribution in [3.63, 3.8) is 0 Å². The zero-order valence-electron chi connectivity index (χ0n) is 13.3. The Hall–Kier alpha value is -1.57. The van der Waals surface area contributed by atoms with E-state index in [1.54, 1.807) is 19.1 Å². The molecule has 0 aromatic heterocycles. The monoisotopic (exact) mass is 353 g/mol. The summed E-state index contributed by atoms with van der Waals surface area (Å²) in [5.41, 5.74) is 0.859. The zero-order chi connectivity index (χ0) is 16.8. The lowest BCUT2D eigenvalue weighted by molar-refractivity contribution is -0.122. The summed E-state index contributed by atoms with van der Waals surface area (Å²) in [5, 5.41) is 0. The molecule has 1 aliphatic rings. The number of carbonyl (C=O) groups is 1. The third-order valence-corrected chi connectivity index (χ3v) is 4.56.